The zero-order valence-corrected chi connectivity index (χ0v) is 26.7. The summed E-state index contributed by atoms with van der Waals surface area (Å²) in [7, 11) is -4.75. The molecule has 0 aliphatic heterocycles. The molecule has 22 heteroatoms. The molecule has 0 atom stereocenters. The van der Waals surface area contributed by atoms with E-state index >= 15 is 0 Å². The molecule has 0 saturated heterocycles. The second-order valence-electron chi connectivity index (χ2n) is 9.59. The Balaban J connectivity index is 1.86. The number of benzene rings is 4. The molecule has 4 rings (SSSR count). The third-order valence-electron chi connectivity index (χ3n) is 6.29. The fourth-order valence-corrected chi connectivity index (χ4v) is 5.32. The molecule has 4 aromatic carbocycles. The van der Waals surface area contributed by atoms with Crippen molar-refractivity contribution >= 4 is 73.3 Å². The highest BCUT2D eigenvalue weighted by molar-refractivity contribution is 7.94. The van der Waals surface area contributed by atoms with Gasteiger partial charge in [0.25, 0.3) is 10.1 Å². The van der Waals surface area contributed by atoms with Crippen LogP contribution in [0.2, 0.25) is 0 Å². The van der Waals surface area contributed by atoms with Gasteiger partial charge in [0, 0.05) is 17.5 Å². The molecular formula is C28H25N5O15S2. The number of ether oxygens (including phenoxy) is 2. The van der Waals surface area contributed by atoms with Gasteiger partial charge in [0.1, 0.15) is 46.7 Å². The van der Waals surface area contributed by atoms with Gasteiger partial charge in [-0.3, -0.25) is 4.55 Å². The first-order valence-corrected chi connectivity index (χ1v) is 15.8. The molecule has 0 bridgehead atoms. The summed E-state index contributed by atoms with van der Waals surface area (Å²) in [6.07, 6.45) is 0. The Morgan fingerprint density at radius 1 is 0.800 bits per heavy atom. The molecule has 50 heavy (non-hydrogen) atoms. The van der Waals surface area contributed by atoms with Gasteiger partial charge in [-0.2, -0.15) is 13.5 Å². The quantitative estimate of drug-likeness (QED) is 0.0192. The summed E-state index contributed by atoms with van der Waals surface area (Å²) in [6.45, 7) is -1.42. The number of nitrogens with two attached hydrogens (primary N) is 1. The number of aromatic hydroxyl groups is 1. The fraction of sp³-hybridized carbons (Fsp3) is 0.143. The van der Waals surface area contributed by atoms with E-state index in [-0.39, 0.29) is 74.3 Å². The summed E-state index contributed by atoms with van der Waals surface area (Å²) in [4.78, 5) is 22.3. The van der Waals surface area contributed by atoms with Crippen LogP contribution < -0.4 is 15.2 Å². The predicted molar refractivity (Wildman–Crippen MR) is 171 cm³/mol. The molecule has 0 saturated carbocycles. The maximum atomic E-state index is 11.8. The van der Waals surface area contributed by atoms with Crippen molar-refractivity contribution in [3.63, 3.8) is 0 Å². The van der Waals surface area contributed by atoms with Crippen molar-refractivity contribution in [2.45, 2.75) is 9.79 Å². The Hall–Kier alpha value is -5.46. The van der Waals surface area contributed by atoms with Gasteiger partial charge in [-0.1, -0.05) is 5.04 Å². The lowest BCUT2D eigenvalue weighted by atomic mass is 10.1. The summed E-state index contributed by atoms with van der Waals surface area (Å²) in [5.74, 6) is -3.60. The van der Waals surface area contributed by atoms with E-state index in [0.29, 0.717) is 12.0 Å². The number of nitrogen functional groups attached to an aromatic ring is 1. The van der Waals surface area contributed by atoms with Crippen LogP contribution in [0.15, 0.2) is 78.8 Å². The van der Waals surface area contributed by atoms with E-state index in [4.69, 9.17) is 20.5 Å². The minimum absolute atomic E-state index is 0.0318. The molecule has 264 valence electrons. The first-order valence-electron chi connectivity index (χ1n) is 13.6. The lowest BCUT2D eigenvalue weighted by Crippen LogP contribution is -2.04. The first kappa shape index (κ1) is 37.4. The Bertz CT molecular complexity index is 2080. The van der Waals surface area contributed by atoms with Gasteiger partial charge in [-0.25, -0.2) is 14.8 Å². The number of azo groups is 2. The number of rotatable bonds is 16. The second-order valence-corrected chi connectivity index (χ2v) is 11.7. The highest BCUT2D eigenvalue weighted by Crippen LogP contribution is 2.47. The number of phenols is 1. The van der Waals surface area contributed by atoms with E-state index in [2.05, 4.69) is 29.8 Å². The van der Waals surface area contributed by atoms with E-state index in [1.165, 1.54) is 18.2 Å². The molecule has 0 fully saturated rings. The van der Waals surface area contributed by atoms with Crippen molar-refractivity contribution in [3.05, 3.63) is 59.7 Å². The summed E-state index contributed by atoms with van der Waals surface area (Å²) >= 11 is 0.327. The summed E-state index contributed by atoms with van der Waals surface area (Å²) < 4.78 is 48.7. The monoisotopic (exact) mass is 735 g/mol. The smallest absolute Gasteiger partial charge is 0.335 e. The summed E-state index contributed by atoms with van der Waals surface area (Å²) in [5, 5.41) is 77.1. The lowest BCUT2D eigenvalue weighted by Gasteiger charge is -2.13. The molecule has 0 spiro atoms. The van der Waals surface area contributed by atoms with E-state index in [0.717, 1.165) is 30.3 Å². The Labute approximate surface area is 284 Å². The number of aliphatic hydroxyl groups excluding tert-OH is 2. The van der Waals surface area contributed by atoms with Crippen molar-refractivity contribution < 1.29 is 72.2 Å². The predicted octanol–water partition coefficient (Wildman–Crippen LogP) is 4.77. The molecule has 0 radical (unpaired) electrons. The average Bonchev–Trinajstić information content (AvgIpc) is 3.07. The van der Waals surface area contributed by atoms with Crippen LogP contribution in [0.4, 0.5) is 28.4 Å². The SMILES string of the molecule is Nc1cc2c(O)c(N=Nc3cc(OCCO)c(N=Nc4cc(C(=O)O)cc(C(=O)O)c4)cc3OCCO)c(SOOO)cc2cc1S(=O)(=O)O. The number of phenolic OH excluding ortho intramolecular Hbond substituents is 1. The molecular weight excluding hydrogens is 710 g/mol. The molecule has 0 amide bonds. The van der Waals surface area contributed by atoms with Gasteiger partial charge >= 0.3 is 11.9 Å². The van der Waals surface area contributed by atoms with Gasteiger partial charge in [0.05, 0.1) is 52.7 Å². The number of aliphatic hydroxyl groups is 2. The molecule has 0 aromatic heterocycles. The number of hydrogen-bond acceptors (Lipinski definition) is 18. The van der Waals surface area contributed by atoms with Crippen molar-refractivity contribution in [2.24, 2.45) is 20.5 Å². The number of hydrogen-bond donors (Lipinski definition) is 8. The van der Waals surface area contributed by atoms with Crippen LogP contribution in [0, 0.1) is 0 Å². The second kappa shape index (κ2) is 16.3. The standard InChI is InChI=1S/C28H25N5O15S2/c29-18-10-17-13(9-24(18)50(42,43)44)8-23(49-48-47-41)25(26(17)36)33-32-20-12-21(45-3-1-34)19(11-22(20)46-4-2-35)31-30-16-6-14(27(37)38)5-15(7-16)28(39)40/h5-12,34-36,41H,1-4,29H2,(H,37,38)(H,39,40)(H,42,43,44). The maximum Gasteiger partial charge on any atom is 0.335 e. The van der Waals surface area contributed by atoms with Crippen molar-refractivity contribution in [2.75, 3.05) is 32.2 Å². The molecule has 0 aliphatic carbocycles. The van der Waals surface area contributed by atoms with Crippen LogP contribution in [0.1, 0.15) is 20.7 Å². The van der Waals surface area contributed by atoms with Crippen molar-refractivity contribution in [1.29, 1.82) is 0 Å². The third-order valence-corrected chi connectivity index (χ3v) is 7.82. The average molecular weight is 736 g/mol. The Kier molecular flexibility index (Phi) is 12.2. The van der Waals surface area contributed by atoms with Gasteiger partial charge in [0.15, 0.2) is 5.75 Å². The normalized spacial score (nSPS) is 11.8. The summed E-state index contributed by atoms with van der Waals surface area (Å²) in [5.41, 5.74) is 3.99. The van der Waals surface area contributed by atoms with Crippen LogP contribution in [0.3, 0.4) is 0 Å². The fourth-order valence-electron chi connectivity index (χ4n) is 4.19. The maximum absolute atomic E-state index is 11.8. The van der Waals surface area contributed by atoms with Gasteiger partial charge < -0.3 is 40.7 Å². The highest BCUT2D eigenvalue weighted by atomic mass is 32.2. The number of carboxylic acid groups (broad SMARTS) is 2. The van der Waals surface area contributed by atoms with E-state index in [9.17, 15) is 48.1 Å². The number of carbonyl (C=O) groups is 2. The number of carboxylic acids is 2. The van der Waals surface area contributed by atoms with Crippen LogP contribution in [-0.4, -0.2) is 82.1 Å². The molecule has 4 aromatic rings. The van der Waals surface area contributed by atoms with Crippen LogP contribution in [0.25, 0.3) is 10.8 Å². The molecule has 0 unspecified atom stereocenters. The van der Waals surface area contributed by atoms with Gasteiger partial charge in [-0.05, 0) is 41.8 Å². The minimum atomic E-state index is -4.75. The minimum Gasteiger partial charge on any atom is -0.505 e. The summed E-state index contributed by atoms with van der Waals surface area (Å²) in [6, 6.07) is 8.83. The zero-order chi connectivity index (χ0) is 36.6. The van der Waals surface area contributed by atoms with E-state index in [1.54, 1.807) is 0 Å². The zero-order valence-electron chi connectivity index (χ0n) is 25.0. The lowest BCUT2D eigenvalue weighted by molar-refractivity contribution is -0.432. The first-order chi connectivity index (χ1) is 23.8. The number of anilines is 1. The number of fused-ring (bicyclic) bond motifs is 1. The Morgan fingerprint density at radius 3 is 1.86 bits per heavy atom. The number of nitrogens with zero attached hydrogens (tertiary/aromatic N) is 4. The third kappa shape index (κ3) is 8.95. The van der Waals surface area contributed by atoms with Gasteiger partial charge in [0.2, 0.25) is 0 Å². The van der Waals surface area contributed by atoms with Crippen LogP contribution in [0.5, 0.6) is 17.2 Å². The van der Waals surface area contributed by atoms with Crippen molar-refractivity contribution in [3.8, 4) is 17.2 Å². The van der Waals surface area contributed by atoms with E-state index < -0.39 is 51.6 Å². The molecule has 9 N–H and O–H groups in total. The van der Waals surface area contributed by atoms with E-state index in [1.807, 2.05) is 0 Å². The highest BCUT2D eigenvalue weighted by Gasteiger charge is 2.21. The topological polar surface area (TPSA) is 322 Å². The molecule has 0 heterocycles. The Morgan fingerprint density at radius 2 is 1.36 bits per heavy atom. The van der Waals surface area contributed by atoms with Crippen molar-refractivity contribution in [1.82, 2.24) is 0 Å². The van der Waals surface area contributed by atoms with Crippen LogP contribution in [-0.2, 0) is 19.5 Å². The van der Waals surface area contributed by atoms with Gasteiger partial charge in [-0.15, -0.1) is 19.7 Å². The molecule has 20 nitrogen and oxygen atoms in total. The largest absolute Gasteiger partial charge is 0.505 e. The molecule has 0 aliphatic rings. The van der Waals surface area contributed by atoms with Crippen LogP contribution >= 0.6 is 12.0 Å². The number of aromatic carboxylic acids is 2.